The number of nitrogens with zero attached hydrogens (tertiary/aromatic N) is 1. The van der Waals surface area contributed by atoms with Gasteiger partial charge in [0.05, 0.1) is 6.61 Å². The summed E-state index contributed by atoms with van der Waals surface area (Å²) in [6.45, 7) is 3.83. The molecule has 0 amide bonds. The van der Waals surface area contributed by atoms with Crippen molar-refractivity contribution in [2.75, 3.05) is 6.61 Å². The number of unbranched alkanes of at least 4 members (excludes halogenated alkanes) is 5. The minimum atomic E-state index is -4.61. The smallest absolute Gasteiger partial charge is 0.303 e. The summed E-state index contributed by atoms with van der Waals surface area (Å²) in [7, 11) is -4.61. The molecule has 38 heavy (non-hydrogen) atoms. The average Bonchev–Trinajstić information content (AvgIpc) is 3.26. The Morgan fingerprint density at radius 1 is 1.00 bits per heavy atom. The monoisotopic (exact) mass is 547 g/mol. The maximum Gasteiger partial charge on any atom is 0.303 e. The number of aliphatic carboxylic acids is 2. The molecule has 0 aliphatic carbocycles. The number of rotatable bonds is 18. The lowest BCUT2D eigenvalue weighted by atomic mass is 10.1. The van der Waals surface area contributed by atoms with Crippen LogP contribution < -0.4 is 4.74 Å². The minimum absolute atomic E-state index is 0.0441. The van der Waals surface area contributed by atoms with Crippen LogP contribution in [0.15, 0.2) is 64.5 Å². The zero-order valence-corrected chi connectivity index (χ0v) is 21.9. The van der Waals surface area contributed by atoms with Gasteiger partial charge in [-0.2, -0.15) is 8.42 Å². The van der Waals surface area contributed by atoms with Crippen LogP contribution in [0.1, 0.15) is 63.7 Å². The van der Waals surface area contributed by atoms with E-state index in [9.17, 15) is 22.6 Å². The lowest BCUT2D eigenvalue weighted by Gasteiger charge is -2.09. The van der Waals surface area contributed by atoms with Crippen molar-refractivity contribution in [2.24, 2.45) is 0 Å². The van der Waals surface area contributed by atoms with Crippen molar-refractivity contribution in [2.45, 2.75) is 62.7 Å². The summed E-state index contributed by atoms with van der Waals surface area (Å²) < 4.78 is 45.0. The van der Waals surface area contributed by atoms with Gasteiger partial charge in [0.2, 0.25) is 5.89 Å². The number of hydrogen-bond acceptors (Lipinski definition) is 7. The SMILES string of the molecule is C=C\C=C(/C=C\C=C\CCCCCC(=O)O)c1nc2cc(S(=O)(=O)O)c(OCCCCCC(=O)O)cc2o1. The number of fused-ring (bicyclic) bond motifs is 1. The lowest BCUT2D eigenvalue weighted by molar-refractivity contribution is -0.138. The maximum atomic E-state index is 11.9. The number of carboxylic acids is 2. The number of benzene rings is 1. The molecule has 0 fully saturated rings. The van der Waals surface area contributed by atoms with Gasteiger partial charge >= 0.3 is 11.9 Å². The first-order chi connectivity index (χ1) is 18.1. The Hall–Kier alpha value is -3.70. The highest BCUT2D eigenvalue weighted by molar-refractivity contribution is 7.86. The summed E-state index contributed by atoms with van der Waals surface area (Å²) in [4.78, 5) is 25.0. The number of oxazole rings is 1. The van der Waals surface area contributed by atoms with Crippen molar-refractivity contribution in [3.8, 4) is 5.75 Å². The molecule has 1 aromatic heterocycles. The topological polar surface area (TPSA) is 164 Å². The Balaban J connectivity index is 2.12. The summed E-state index contributed by atoms with van der Waals surface area (Å²) in [5, 5.41) is 17.3. The third-order valence-corrected chi connectivity index (χ3v) is 6.23. The van der Waals surface area contributed by atoms with Crippen molar-refractivity contribution < 1.29 is 41.9 Å². The maximum absolute atomic E-state index is 11.9. The van der Waals surface area contributed by atoms with Crippen LogP contribution in [0.5, 0.6) is 5.75 Å². The third kappa shape index (κ3) is 10.7. The van der Waals surface area contributed by atoms with Crippen LogP contribution in [0.2, 0.25) is 0 Å². The molecule has 0 atom stereocenters. The van der Waals surface area contributed by atoms with Crippen LogP contribution in [0, 0.1) is 0 Å². The van der Waals surface area contributed by atoms with E-state index in [0.717, 1.165) is 19.3 Å². The molecule has 3 N–H and O–H groups in total. The second-order valence-electron chi connectivity index (χ2n) is 8.45. The highest BCUT2D eigenvalue weighted by Crippen LogP contribution is 2.32. The number of aromatic nitrogens is 1. The van der Waals surface area contributed by atoms with Gasteiger partial charge < -0.3 is 19.4 Å². The molecular weight excluding hydrogens is 514 g/mol. The van der Waals surface area contributed by atoms with Crippen LogP contribution in [-0.4, -0.2) is 46.7 Å². The molecule has 10 nitrogen and oxygen atoms in total. The molecule has 11 heteroatoms. The first-order valence-corrected chi connectivity index (χ1v) is 13.7. The van der Waals surface area contributed by atoms with Crippen LogP contribution >= 0.6 is 0 Å². The van der Waals surface area contributed by atoms with Gasteiger partial charge in [0.1, 0.15) is 16.2 Å². The summed E-state index contributed by atoms with van der Waals surface area (Å²) >= 11 is 0. The van der Waals surface area contributed by atoms with Crippen molar-refractivity contribution in [3.05, 3.63) is 61.1 Å². The van der Waals surface area contributed by atoms with Gasteiger partial charge in [-0.1, -0.05) is 43.4 Å². The fourth-order valence-electron chi connectivity index (χ4n) is 3.49. The van der Waals surface area contributed by atoms with E-state index in [-0.39, 0.29) is 42.2 Å². The minimum Gasteiger partial charge on any atom is -0.492 e. The van der Waals surface area contributed by atoms with Gasteiger partial charge in [0, 0.05) is 24.5 Å². The van der Waals surface area contributed by atoms with Gasteiger partial charge in [-0.15, -0.1) is 0 Å². The van der Waals surface area contributed by atoms with E-state index in [1.807, 2.05) is 12.2 Å². The normalized spacial score (nSPS) is 12.5. The molecule has 0 unspecified atom stereocenters. The number of carbonyl (C=O) groups is 2. The number of allylic oxidation sites excluding steroid dienone is 7. The first kappa shape index (κ1) is 30.5. The average molecular weight is 548 g/mol. The molecule has 2 rings (SSSR count). The molecule has 0 aliphatic heterocycles. The predicted molar refractivity (Wildman–Crippen MR) is 143 cm³/mol. The van der Waals surface area contributed by atoms with Crippen molar-refractivity contribution >= 4 is 38.7 Å². The Morgan fingerprint density at radius 2 is 1.68 bits per heavy atom. The van der Waals surface area contributed by atoms with E-state index in [4.69, 9.17) is 19.4 Å². The molecule has 0 bridgehead atoms. The molecule has 0 radical (unpaired) electrons. The zero-order valence-electron chi connectivity index (χ0n) is 21.0. The number of carboxylic acid groups (broad SMARTS) is 2. The number of hydrogen-bond donors (Lipinski definition) is 3. The van der Waals surface area contributed by atoms with Crippen LogP contribution in [0.25, 0.3) is 16.7 Å². The Morgan fingerprint density at radius 3 is 2.32 bits per heavy atom. The van der Waals surface area contributed by atoms with Gasteiger partial charge in [-0.25, -0.2) is 4.98 Å². The van der Waals surface area contributed by atoms with E-state index >= 15 is 0 Å². The standard InChI is InChI=1S/C27H33NO9S/c1-2-13-20(14-9-6-4-3-5-7-10-15-25(29)30)27-28-21-18-24(38(33,34)35)23(19-22(21)37-27)36-17-12-8-11-16-26(31)32/h2,4,6,9,13-14,18-19H,1,3,5,7-8,10-12,15-17H2,(H,29,30)(H,31,32)(H,33,34,35)/b6-4+,14-9-,20-13+. The predicted octanol–water partition coefficient (Wildman–Crippen LogP) is 5.82. The quantitative estimate of drug-likeness (QED) is 0.118. The number of ether oxygens (including phenoxy) is 1. The highest BCUT2D eigenvalue weighted by Gasteiger charge is 2.21. The van der Waals surface area contributed by atoms with E-state index < -0.39 is 27.0 Å². The zero-order chi connectivity index (χ0) is 28.0. The lowest BCUT2D eigenvalue weighted by Crippen LogP contribution is -2.05. The molecule has 0 saturated heterocycles. The Labute approximate surface area is 221 Å². The molecule has 0 spiro atoms. The van der Waals surface area contributed by atoms with Crippen molar-refractivity contribution in [1.29, 1.82) is 0 Å². The fourth-order valence-corrected chi connectivity index (χ4v) is 4.12. The summed E-state index contributed by atoms with van der Waals surface area (Å²) in [5.41, 5.74) is 1.05. The van der Waals surface area contributed by atoms with Crippen LogP contribution in [0.3, 0.4) is 0 Å². The molecule has 1 aromatic carbocycles. The first-order valence-electron chi connectivity index (χ1n) is 12.3. The van der Waals surface area contributed by atoms with Gasteiger partial charge in [-0.05, 0) is 50.7 Å². The second-order valence-corrected chi connectivity index (χ2v) is 9.84. The fraction of sp³-hybridized carbons (Fsp3) is 0.370. The molecule has 1 heterocycles. The Bertz CT molecular complexity index is 1300. The molecule has 2 aromatic rings. The van der Waals surface area contributed by atoms with Crippen LogP contribution in [0.4, 0.5) is 0 Å². The van der Waals surface area contributed by atoms with E-state index in [1.54, 1.807) is 24.3 Å². The largest absolute Gasteiger partial charge is 0.492 e. The van der Waals surface area contributed by atoms with Crippen LogP contribution in [-0.2, 0) is 19.7 Å². The molecule has 206 valence electrons. The summed E-state index contributed by atoms with van der Waals surface area (Å²) in [6.07, 6.45) is 15.6. The van der Waals surface area contributed by atoms with Gasteiger partial charge in [0.15, 0.2) is 5.58 Å². The Kier molecular flexibility index (Phi) is 12.5. The van der Waals surface area contributed by atoms with Crippen molar-refractivity contribution in [1.82, 2.24) is 4.98 Å². The third-order valence-electron chi connectivity index (χ3n) is 5.35. The van der Waals surface area contributed by atoms with E-state index in [2.05, 4.69) is 11.6 Å². The van der Waals surface area contributed by atoms with Gasteiger partial charge in [0.25, 0.3) is 10.1 Å². The van der Waals surface area contributed by atoms with Crippen molar-refractivity contribution in [3.63, 3.8) is 0 Å². The molecule has 0 aliphatic rings. The summed E-state index contributed by atoms with van der Waals surface area (Å²) in [5.74, 6) is -1.54. The van der Waals surface area contributed by atoms with Gasteiger partial charge in [-0.3, -0.25) is 14.1 Å². The molecular formula is C27H33NO9S. The van der Waals surface area contributed by atoms with E-state index in [1.165, 1.54) is 12.1 Å². The van der Waals surface area contributed by atoms with E-state index in [0.29, 0.717) is 31.3 Å². The molecule has 0 saturated carbocycles. The summed E-state index contributed by atoms with van der Waals surface area (Å²) in [6, 6.07) is 2.53. The second kappa shape index (κ2) is 15.5. The highest BCUT2D eigenvalue weighted by atomic mass is 32.2.